The molecule has 3 rings (SSSR count). The van der Waals surface area contributed by atoms with Crippen LogP contribution in [0.25, 0.3) is 6.08 Å². The van der Waals surface area contributed by atoms with Gasteiger partial charge < -0.3 is 25.6 Å². The second-order valence-corrected chi connectivity index (χ2v) is 8.57. The quantitative estimate of drug-likeness (QED) is 0.397. The first-order chi connectivity index (χ1) is 14.8. The number of fused-ring (bicyclic) bond motifs is 1. The number of aryl methyl sites for hydroxylation is 1. The summed E-state index contributed by atoms with van der Waals surface area (Å²) < 4.78 is 5.13. The van der Waals surface area contributed by atoms with Crippen molar-refractivity contribution in [3.63, 3.8) is 0 Å². The summed E-state index contributed by atoms with van der Waals surface area (Å²) in [5.74, 6) is -1.38. The summed E-state index contributed by atoms with van der Waals surface area (Å²) >= 11 is 0. The van der Waals surface area contributed by atoms with Crippen molar-refractivity contribution in [1.29, 1.82) is 0 Å². The molecule has 3 atom stereocenters. The van der Waals surface area contributed by atoms with Crippen LogP contribution in [0.4, 0.5) is 0 Å². The smallest absolute Gasteiger partial charge is 0.247 e. The lowest BCUT2D eigenvalue weighted by atomic mass is 9.91. The molecule has 8 heteroatoms. The van der Waals surface area contributed by atoms with Crippen LogP contribution in [0.15, 0.2) is 29.8 Å². The molecule has 1 heterocycles. The van der Waals surface area contributed by atoms with E-state index in [0.29, 0.717) is 18.4 Å². The SMILES string of the molecule is CC(C)CC(NC(=O)[C@H](CO)NC(=O)C1=Cc2ccccc2CC1)C(=O)[C@@]1(CO)CO1. The highest BCUT2D eigenvalue weighted by Gasteiger charge is 2.54. The van der Waals surface area contributed by atoms with Crippen LogP contribution in [0, 0.1) is 5.92 Å². The standard InChI is InChI=1S/C23H30N2O6/c1-14(2)9-18(20(28)23(12-27)13-31-23)24-22(30)19(11-26)25-21(29)17-8-7-15-5-3-4-6-16(15)10-17/h3-6,10,14,18-19,26-27H,7-9,11-13H2,1-2H3,(H,24,30)(H,25,29)/t18?,19-,23+/m0/s1. The molecule has 1 fully saturated rings. The fourth-order valence-corrected chi connectivity index (χ4v) is 3.75. The molecule has 168 valence electrons. The van der Waals surface area contributed by atoms with Crippen molar-refractivity contribution in [2.75, 3.05) is 19.8 Å². The van der Waals surface area contributed by atoms with Gasteiger partial charge >= 0.3 is 0 Å². The molecule has 0 spiro atoms. The van der Waals surface area contributed by atoms with E-state index in [1.807, 2.05) is 38.1 Å². The number of rotatable bonds is 10. The van der Waals surface area contributed by atoms with E-state index in [1.54, 1.807) is 6.08 Å². The van der Waals surface area contributed by atoms with Crippen LogP contribution in [0.1, 0.15) is 37.8 Å². The molecule has 0 saturated carbocycles. The normalized spacial score (nSPS) is 21.5. The number of ether oxygens (including phenoxy) is 1. The van der Waals surface area contributed by atoms with E-state index < -0.39 is 48.5 Å². The minimum atomic E-state index is -1.26. The third-order valence-electron chi connectivity index (χ3n) is 5.68. The van der Waals surface area contributed by atoms with Gasteiger partial charge in [-0.3, -0.25) is 14.4 Å². The Labute approximate surface area is 181 Å². The maximum atomic E-state index is 12.8. The number of Topliss-reactive ketones (excluding diaryl/α,β-unsaturated/α-hetero) is 1. The molecule has 1 aliphatic heterocycles. The van der Waals surface area contributed by atoms with Crippen LogP contribution >= 0.6 is 0 Å². The van der Waals surface area contributed by atoms with Crippen molar-refractivity contribution in [3.8, 4) is 0 Å². The number of nitrogens with one attached hydrogen (secondary N) is 2. The number of aliphatic hydroxyl groups is 2. The van der Waals surface area contributed by atoms with Crippen molar-refractivity contribution >= 4 is 23.7 Å². The number of benzene rings is 1. The fourth-order valence-electron chi connectivity index (χ4n) is 3.75. The molecule has 2 amide bonds. The number of amides is 2. The van der Waals surface area contributed by atoms with Crippen molar-refractivity contribution in [1.82, 2.24) is 10.6 Å². The Bertz CT molecular complexity index is 875. The zero-order chi connectivity index (χ0) is 22.6. The highest BCUT2D eigenvalue weighted by Crippen LogP contribution is 2.30. The minimum absolute atomic E-state index is 0.0957. The number of hydrogen-bond donors (Lipinski definition) is 4. The summed E-state index contributed by atoms with van der Waals surface area (Å²) in [6.45, 7) is 2.87. The number of carbonyl (C=O) groups is 3. The average molecular weight is 431 g/mol. The number of epoxide rings is 1. The summed E-state index contributed by atoms with van der Waals surface area (Å²) in [6.07, 6.45) is 3.40. The van der Waals surface area contributed by atoms with Gasteiger partial charge in [0.25, 0.3) is 0 Å². The molecule has 1 aromatic carbocycles. The molecule has 4 N–H and O–H groups in total. The predicted molar refractivity (Wildman–Crippen MR) is 114 cm³/mol. The number of carbonyl (C=O) groups excluding carboxylic acids is 3. The highest BCUT2D eigenvalue weighted by molar-refractivity contribution is 6.02. The van der Waals surface area contributed by atoms with Crippen molar-refractivity contribution < 1.29 is 29.3 Å². The third-order valence-corrected chi connectivity index (χ3v) is 5.68. The molecule has 1 unspecified atom stereocenters. The van der Waals surface area contributed by atoms with Gasteiger partial charge in [-0.25, -0.2) is 0 Å². The van der Waals surface area contributed by atoms with E-state index >= 15 is 0 Å². The van der Waals surface area contributed by atoms with Gasteiger partial charge in [0.15, 0.2) is 11.4 Å². The fraction of sp³-hybridized carbons (Fsp3) is 0.522. The zero-order valence-corrected chi connectivity index (χ0v) is 17.9. The molecule has 1 saturated heterocycles. The molecule has 0 radical (unpaired) electrons. The monoisotopic (exact) mass is 430 g/mol. The molecule has 0 bridgehead atoms. The van der Waals surface area contributed by atoms with Gasteiger partial charge in [-0.05, 0) is 42.4 Å². The number of ketones is 1. The van der Waals surface area contributed by atoms with Crippen LogP contribution in [0.5, 0.6) is 0 Å². The summed E-state index contributed by atoms with van der Waals surface area (Å²) in [4.78, 5) is 38.2. The summed E-state index contributed by atoms with van der Waals surface area (Å²) in [6, 6.07) is 5.71. The van der Waals surface area contributed by atoms with E-state index in [9.17, 15) is 24.6 Å². The highest BCUT2D eigenvalue weighted by atomic mass is 16.6. The van der Waals surface area contributed by atoms with Crippen LogP contribution in [0.2, 0.25) is 0 Å². The van der Waals surface area contributed by atoms with Crippen LogP contribution in [-0.4, -0.2) is 65.3 Å². The first-order valence-electron chi connectivity index (χ1n) is 10.6. The largest absolute Gasteiger partial charge is 0.394 e. The molecule has 0 aromatic heterocycles. The summed E-state index contributed by atoms with van der Waals surface area (Å²) in [5.41, 5.74) is 1.40. The number of aliphatic hydroxyl groups excluding tert-OH is 2. The average Bonchev–Trinajstić information content (AvgIpc) is 3.56. The van der Waals surface area contributed by atoms with Gasteiger partial charge in [0, 0.05) is 5.57 Å². The van der Waals surface area contributed by atoms with E-state index in [2.05, 4.69) is 10.6 Å². The lowest BCUT2D eigenvalue weighted by Gasteiger charge is -2.25. The Morgan fingerprint density at radius 2 is 1.81 bits per heavy atom. The van der Waals surface area contributed by atoms with Crippen molar-refractivity contribution in [2.24, 2.45) is 5.92 Å². The molecule has 1 aromatic rings. The zero-order valence-electron chi connectivity index (χ0n) is 17.9. The second kappa shape index (κ2) is 9.72. The topological polar surface area (TPSA) is 128 Å². The van der Waals surface area contributed by atoms with Crippen LogP contribution in [0.3, 0.4) is 0 Å². The van der Waals surface area contributed by atoms with Crippen molar-refractivity contribution in [3.05, 3.63) is 41.0 Å². The van der Waals surface area contributed by atoms with E-state index in [4.69, 9.17) is 4.74 Å². The van der Waals surface area contributed by atoms with Gasteiger partial charge in [0.2, 0.25) is 11.8 Å². The van der Waals surface area contributed by atoms with E-state index in [1.165, 1.54) is 0 Å². The van der Waals surface area contributed by atoms with Gasteiger partial charge in [0.1, 0.15) is 6.04 Å². The van der Waals surface area contributed by atoms with E-state index in [0.717, 1.165) is 17.5 Å². The molecular formula is C23H30N2O6. The molecule has 8 nitrogen and oxygen atoms in total. The maximum absolute atomic E-state index is 12.8. The Morgan fingerprint density at radius 1 is 1.10 bits per heavy atom. The lowest BCUT2D eigenvalue weighted by molar-refractivity contribution is -0.134. The first kappa shape index (κ1) is 23.1. The van der Waals surface area contributed by atoms with Crippen LogP contribution < -0.4 is 10.6 Å². The molecular weight excluding hydrogens is 400 g/mol. The van der Waals surface area contributed by atoms with Gasteiger partial charge in [-0.2, -0.15) is 0 Å². The Balaban J connectivity index is 1.66. The predicted octanol–water partition coefficient (Wildman–Crippen LogP) is 0.355. The molecule has 2 aliphatic rings. The molecule has 1 aliphatic carbocycles. The van der Waals surface area contributed by atoms with Crippen molar-refractivity contribution in [2.45, 2.75) is 50.8 Å². The third kappa shape index (κ3) is 5.39. The van der Waals surface area contributed by atoms with Gasteiger partial charge in [-0.1, -0.05) is 38.1 Å². The maximum Gasteiger partial charge on any atom is 0.247 e. The molecule has 31 heavy (non-hydrogen) atoms. The number of hydrogen-bond acceptors (Lipinski definition) is 6. The second-order valence-electron chi connectivity index (χ2n) is 8.57. The first-order valence-corrected chi connectivity index (χ1v) is 10.6. The minimum Gasteiger partial charge on any atom is -0.394 e. The van der Waals surface area contributed by atoms with Gasteiger partial charge in [-0.15, -0.1) is 0 Å². The lowest BCUT2D eigenvalue weighted by Crippen LogP contribution is -2.55. The Morgan fingerprint density at radius 3 is 2.42 bits per heavy atom. The van der Waals surface area contributed by atoms with E-state index in [-0.39, 0.29) is 12.5 Å². The Kier molecular flexibility index (Phi) is 7.25. The summed E-state index contributed by atoms with van der Waals surface area (Å²) in [5, 5.41) is 24.4. The Hall–Kier alpha value is -2.55. The van der Waals surface area contributed by atoms with Gasteiger partial charge in [0.05, 0.1) is 25.9 Å². The summed E-state index contributed by atoms with van der Waals surface area (Å²) in [7, 11) is 0. The van der Waals surface area contributed by atoms with Crippen LogP contribution in [-0.2, 0) is 25.5 Å².